The second-order valence-electron chi connectivity index (χ2n) is 12.3. The van der Waals surface area contributed by atoms with Gasteiger partial charge in [-0.1, -0.05) is 157 Å². The molecule has 6 aromatic carbocycles. The second-order valence-corrected chi connectivity index (χ2v) is 13.4. The van der Waals surface area contributed by atoms with E-state index in [9.17, 15) is 0 Å². The van der Waals surface area contributed by atoms with Gasteiger partial charge < -0.3 is 0 Å². The van der Waals surface area contributed by atoms with Crippen LogP contribution >= 0.6 is 11.8 Å². The minimum Gasteiger partial charge on any atom is -0.264 e. The van der Waals surface area contributed by atoms with E-state index in [4.69, 9.17) is 15.0 Å². The van der Waals surface area contributed by atoms with Crippen LogP contribution in [0.4, 0.5) is 0 Å². The first-order valence-corrected chi connectivity index (χ1v) is 17.7. The lowest BCUT2D eigenvalue weighted by molar-refractivity contribution is 1.07. The van der Waals surface area contributed by atoms with E-state index in [0.29, 0.717) is 17.5 Å². The molecule has 2 aromatic heterocycles. The molecule has 51 heavy (non-hydrogen) atoms. The molecule has 240 valence electrons. The highest BCUT2D eigenvalue weighted by Crippen LogP contribution is 2.44. The molecule has 0 amide bonds. The van der Waals surface area contributed by atoms with E-state index in [1.807, 2.05) is 42.6 Å². The molecule has 0 spiro atoms. The van der Waals surface area contributed by atoms with Crippen molar-refractivity contribution in [2.24, 2.45) is 0 Å². The molecule has 0 radical (unpaired) electrons. The minimum absolute atomic E-state index is 0.622. The van der Waals surface area contributed by atoms with E-state index < -0.39 is 0 Å². The SMILES string of the molecule is C1=C\c2ccc(-c3nc(-c4ccccc4)nc(-c4ccc(-c5cccnc5)cc4)n3)cc2-c2ccccc2Sc2ccccc2-c2ccccc2/1. The van der Waals surface area contributed by atoms with Gasteiger partial charge in [-0.2, -0.15) is 0 Å². The first kappa shape index (κ1) is 30.6. The summed E-state index contributed by atoms with van der Waals surface area (Å²) in [6.07, 6.45) is 8.12. The molecule has 0 aliphatic carbocycles. The average Bonchev–Trinajstić information content (AvgIpc) is 3.23. The summed E-state index contributed by atoms with van der Waals surface area (Å²) in [5.41, 5.74) is 11.9. The van der Waals surface area contributed by atoms with Gasteiger partial charge >= 0.3 is 0 Å². The molecule has 0 fully saturated rings. The molecule has 4 nitrogen and oxygen atoms in total. The lowest BCUT2D eigenvalue weighted by Gasteiger charge is -2.15. The van der Waals surface area contributed by atoms with Crippen LogP contribution in [0.3, 0.4) is 0 Å². The third-order valence-corrected chi connectivity index (χ3v) is 10.2. The average molecular weight is 671 g/mol. The van der Waals surface area contributed by atoms with Crippen LogP contribution in [0.25, 0.3) is 79.7 Å². The quantitative estimate of drug-likeness (QED) is 0.186. The number of rotatable bonds is 4. The number of aromatic nitrogens is 4. The maximum absolute atomic E-state index is 5.10. The predicted molar refractivity (Wildman–Crippen MR) is 210 cm³/mol. The normalized spacial score (nSPS) is 12.4. The van der Waals surface area contributed by atoms with E-state index in [-0.39, 0.29) is 0 Å². The van der Waals surface area contributed by atoms with E-state index >= 15 is 0 Å². The fourth-order valence-corrected chi connectivity index (χ4v) is 7.62. The van der Waals surface area contributed by atoms with Gasteiger partial charge in [-0.15, -0.1) is 0 Å². The summed E-state index contributed by atoms with van der Waals surface area (Å²) in [7, 11) is 0. The third-order valence-electron chi connectivity index (χ3n) is 9.09. The molecule has 1 aliphatic heterocycles. The molecule has 3 heterocycles. The van der Waals surface area contributed by atoms with Crippen LogP contribution in [0.1, 0.15) is 11.1 Å². The van der Waals surface area contributed by atoms with E-state index in [1.54, 1.807) is 18.0 Å². The number of nitrogens with zero attached hydrogens (tertiary/aromatic N) is 4. The summed E-state index contributed by atoms with van der Waals surface area (Å²) in [5.74, 6) is 1.88. The molecule has 0 saturated heterocycles. The Morgan fingerprint density at radius 2 is 0.863 bits per heavy atom. The zero-order valence-electron chi connectivity index (χ0n) is 27.5. The van der Waals surface area contributed by atoms with Crippen LogP contribution < -0.4 is 0 Å². The zero-order valence-corrected chi connectivity index (χ0v) is 28.3. The van der Waals surface area contributed by atoms with Crippen molar-refractivity contribution in [1.29, 1.82) is 0 Å². The Labute approximate surface area is 301 Å². The van der Waals surface area contributed by atoms with Crippen LogP contribution in [0.2, 0.25) is 0 Å². The van der Waals surface area contributed by atoms with E-state index in [2.05, 4.69) is 138 Å². The standard InChI is InChI=1S/C46H30N4S/c1-2-12-34(13-3-1)44-48-45(35-25-20-31(21-26-35)37-14-10-28-47-30-37)50-46(49-44)36-27-24-33-23-22-32-11-4-5-15-38(32)39-16-6-8-18-42(39)51-43-19-9-7-17-40(43)41(33)29-36/h1-30H/b23-22-. The largest absolute Gasteiger partial charge is 0.264 e. The van der Waals surface area contributed by atoms with Gasteiger partial charge in [0.1, 0.15) is 0 Å². The molecule has 0 unspecified atom stereocenters. The summed E-state index contributed by atoms with van der Waals surface area (Å²) in [5, 5.41) is 0. The summed E-state index contributed by atoms with van der Waals surface area (Å²) in [4.78, 5) is 21.8. The van der Waals surface area contributed by atoms with Crippen molar-refractivity contribution in [1.82, 2.24) is 19.9 Å². The van der Waals surface area contributed by atoms with Crippen LogP contribution in [0.5, 0.6) is 0 Å². The van der Waals surface area contributed by atoms with Crippen LogP contribution in [-0.4, -0.2) is 19.9 Å². The molecule has 9 rings (SSSR count). The molecular weight excluding hydrogens is 641 g/mol. The lowest BCUT2D eigenvalue weighted by atomic mass is 9.95. The van der Waals surface area contributed by atoms with Crippen LogP contribution in [0.15, 0.2) is 180 Å². The molecule has 0 saturated carbocycles. The molecular formula is C46H30N4S. The van der Waals surface area contributed by atoms with Gasteiger partial charge in [-0.25, -0.2) is 15.0 Å². The predicted octanol–water partition coefficient (Wildman–Crippen LogP) is 11.9. The van der Waals surface area contributed by atoms with Crippen molar-refractivity contribution < 1.29 is 0 Å². The highest BCUT2D eigenvalue weighted by Gasteiger charge is 2.18. The fourth-order valence-electron chi connectivity index (χ4n) is 6.51. The van der Waals surface area contributed by atoms with Crippen molar-refractivity contribution in [3.8, 4) is 67.5 Å². The number of hydrogen-bond donors (Lipinski definition) is 0. The van der Waals surface area contributed by atoms with Gasteiger partial charge in [0, 0.05) is 38.9 Å². The first-order valence-electron chi connectivity index (χ1n) is 16.9. The number of fused-ring (bicyclic) bond motifs is 6. The second kappa shape index (κ2) is 13.5. The molecule has 8 aromatic rings. The zero-order chi connectivity index (χ0) is 34.0. The Balaban J connectivity index is 1.21. The topological polar surface area (TPSA) is 51.6 Å². The monoisotopic (exact) mass is 670 g/mol. The lowest BCUT2D eigenvalue weighted by Crippen LogP contribution is -2.00. The smallest absolute Gasteiger partial charge is 0.164 e. The Kier molecular flexibility index (Phi) is 8.08. The van der Waals surface area contributed by atoms with Crippen molar-refractivity contribution in [3.63, 3.8) is 0 Å². The maximum Gasteiger partial charge on any atom is 0.164 e. The Morgan fingerprint density at radius 1 is 0.353 bits per heavy atom. The summed E-state index contributed by atoms with van der Waals surface area (Å²) in [6.45, 7) is 0. The number of benzene rings is 6. The van der Waals surface area contributed by atoms with Crippen LogP contribution in [-0.2, 0) is 0 Å². The highest BCUT2D eigenvalue weighted by atomic mass is 32.2. The molecule has 0 N–H and O–H groups in total. The van der Waals surface area contributed by atoms with Crippen molar-refractivity contribution >= 4 is 23.9 Å². The van der Waals surface area contributed by atoms with Gasteiger partial charge in [0.05, 0.1) is 0 Å². The van der Waals surface area contributed by atoms with Gasteiger partial charge in [0.2, 0.25) is 0 Å². The van der Waals surface area contributed by atoms with E-state index in [1.165, 1.54) is 26.5 Å². The number of hydrogen-bond acceptors (Lipinski definition) is 5. The summed E-state index contributed by atoms with van der Waals surface area (Å²) >= 11 is 1.80. The van der Waals surface area contributed by atoms with Gasteiger partial charge in [0.25, 0.3) is 0 Å². The van der Waals surface area contributed by atoms with E-state index in [0.717, 1.165) is 44.5 Å². The van der Waals surface area contributed by atoms with Gasteiger partial charge in [-0.05, 0) is 68.8 Å². The fraction of sp³-hybridized carbons (Fsp3) is 0. The minimum atomic E-state index is 0.622. The van der Waals surface area contributed by atoms with Crippen molar-refractivity contribution in [3.05, 3.63) is 181 Å². The van der Waals surface area contributed by atoms with Gasteiger partial charge in [0.15, 0.2) is 17.5 Å². The molecule has 0 bridgehead atoms. The Hall–Kier alpha value is -6.43. The summed E-state index contributed by atoms with van der Waals surface area (Å²) in [6, 6.07) is 54.9. The number of pyridine rings is 1. The summed E-state index contributed by atoms with van der Waals surface area (Å²) < 4.78 is 0. The van der Waals surface area contributed by atoms with Crippen LogP contribution in [0, 0.1) is 0 Å². The Bertz CT molecular complexity index is 2550. The molecule has 5 heteroatoms. The van der Waals surface area contributed by atoms with Gasteiger partial charge in [-0.3, -0.25) is 4.98 Å². The van der Waals surface area contributed by atoms with Crippen molar-refractivity contribution in [2.45, 2.75) is 9.79 Å². The van der Waals surface area contributed by atoms with Crippen molar-refractivity contribution in [2.75, 3.05) is 0 Å². The third kappa shape index (κ3) is 6.16. The molecule has 0 atom stereocenters. The molecule has 1 aliphatic rings. The Morgan fingerprint density at radius 3 is 1.55 bits per heavy atom. The maximum atomic E-state index is 5.10. The highest BCUT2D eigenvalue weighted by molar-refractivity contribution is 7.99. The first-order chi connectivity index (χ1) is 25.3.